The molecule has 0 saturated carbocycles. The van der Waals surface area contributed by atoms with Crippen molar-refractivity contribution in [1.82, 2.24) is 0 Å². The molecule has 9 heteroatoms. The van der Waals surface area contributed by atoms with Crippen molar-refractivity contribution in [2.24, 2.45) is 0 Å². The fourth-order valence-electron chi connectivity index (χ4n) is 4.96. The lowest BCUT2D eigenvalue weighted by Gasteiger charge is -2.15. The smallest absolute Gasteiger partial charge is 0.224 e. The zero-order valence-electron chi connectivity index (χ0n) is 24.9. The van der Waals surface area contributed by atoms with Crippen molar-refractivity contribution in [2.45, 2.75) is 158 Å². The average Bonchev–Trinajstić information content (AvgIpc) is 2.90. The van der Waals surface area contributed by atoms with Crippen molar-refractivity contribution in [3.05, 3.63) is 23.8 Å². The zero-order chi connectivity index (χ0) is 29.9. The normalized spacial score (nSPS) is 12.7. The van der Waals surface area contributed by atoms with Gasteiger partial charge in [0.2, 0.25) is 0 Å². The van der Waals surface area contributed by atoms with Crippen LogP contribution in [0, 0.1) is 0 Å². The summed E-state index contributed by atoms with van der Waals surface area (Å²) in [5.74, 6) is -0.624. The molecule has 4 nitrogen and oxygen atoms in total. The molecule has 0 radical (unpaired) electrons. The van der Waals surface area contributed by atoms with Crippen LogP contribution < -0.4 is 0 Å². The first kappa shape index (κ1) is 36.9. The Morgan fingerprint density at radius 3 is 1.18 bits per heavy atom. The van der Waals surface area contributed by atoms with Crippen LogP contribution in [0.15, 0.2) is 28.0 Å². The number of rotatable bonds is 24. The minimum atomic E-state index is -4.76. The summed E-state index contributed by atoms with van der Waals surface area (Å²) in [5, 5.41) is 0. The largest absolute Gasteiger partial charge is 0.416 e. The van der Waals surface area contributed by atoms with Crippen molar-refractivity contribution in [3.63, 3.8) is 0 Å². The zero-order valence-corrected chi connectivity index (χ0v) is 26.5. The van der Waals surface area contributed by atoms with Crippen LogP contribution >= 0.6 is 0 Å². The maximum absolute atomic E-state index is 13.4. The molecule has 0 saturated heterocycles. The van der Waals surface area contributed by atoms with E-state index in [1.165, 1.54) is 57.8 Å². The van der Waals surface area contributed by atoms with Gasteiger partial charge in [-0.05, 0) is 31.0 Å². The quantitative estimate of drug-likeness (QED) is 0.109. The molecular formula is C31H53F3O4S2. The Morgan fingerprint density at radius 1 is 0.500 bits per heavy atom. The highest BCUT2D eigenvalue weighted by Gasteiger charge is 2.34. The van der Waals surface area contributed by atoms with Gasteiger partial charge in [-0.2, -0.15) is 13.2 Å². The number of sulfone groups is 2. The van der Waals surface area contributed by atoms with Crippen LogP contribution in [-0.4, -0.2) is 28.3 Å². The first-order valence-electron chi connectivity index (χ1n) is 15.6. The molecule has 0 bridgehead atoms. The van der Waals surface area contributed by atoms with Crippen LogP contribution in [0.5, 0.6) is 0 Å². The monoisotopic (exact) mass is 610 g/mol. The average molecular weight is 611 g/mol. The first-order valence-corrected chi connectivity index (χ1v) is 18.9. The minimum Gasteiger partial charge on any atom is -0.224 e. The highest BCUT2D eigenvalue weighted by molar-refractivity contribution is 7.94. The van der Waals surface area contributed by atoms with Gasteiger partial charge in [-0.3, -0.25) is 0 Å². The summed E-state index contributed by atoms with van der Waals surface area (Å²) in [7, 11) is -8.24. The van der Waals surface area contributed by atoms with Gasteiger partial charge in [0.15, 0.2) is 19.7 Å². The summed E-state index contributed by atoms with van der Waals surface area (Å²) in [6.07, 6.45) is 15.3. The number of alkyl halides is 3. The van der Waals surface area contributed by atoms with E-state index in [1.54, 1.807) is 0 Å². The van der Waals surface area contributed by atoms with Crippen LogP contribution in [0.2, 0.25) is 0 Å². The molecule has 1 aromatic carbocycles. The summed E-state index contributed by atoms with van der Waals surface area (Å²) in [5.41, 5.74) is -1.15. The lowest BCUT2D eigenvalue weighted by atomic mass is 10.1. The van der Waals surface area contributed by atoms with E-state index in [-0.39, 0.29) is 11.5 Å². The lowest BCUT2D eigenvalue weighted by molar-refractivity contribution is -0.137. The Bertz CT molecular complexity index is 1020. The van der Waals surface area contributed by atoms with Crippen molar-refractivity contribution in [1.29, 1.82) is 0 Å². The molecule has 0 aliphatic carbocycles. The van der Waals surface area contributed by atoms with Crippen molar-refractivity contribution >= 4 is 19.7 Å². The standard InChI is InChI=1S/C31H53F3O4S2/c1-3-5-7-9-11-13-15-17-19-21-25-39(35,36)29-24-23-28(31(32,33)34)27-30(29)40(37,38)26-22-20-18-16-14-12-10-8-6-4-2/h23-24,27H,3-22,25-26H2,1-2H3. The van der Waals surface area contributed by atoms with E-state index in [0.29, 0.717) is 37.8 Å². The summed E-state index contributed by atoms with van der Waals surface area (Å²) >= 11 is 0. The molecule has 0 N–H and O–H groups in total. The van der Waals surface area contributed by atoms with Gasteiger partial charge in [-0.15, -0.1) is 0 Å². The van der Waals surface area contributed by atoms with Crippen LogP contribution in [0.1, 0.15) is 148 Å². The summed E-state index contributed by atoms with van der Waals surface area (Å²) in [6, 6.07) is 2.02. The lowest BCUT2D eigenvalue weighted by Crippen LogP contribution is -2.17. The molecule has 234 valence electrons. The van der Waals surface area contributed by atoms with Crippen LogP contribution in [-0.2, 0) is 25.9 Å². The Balaban J connectivity index is 2.71. The van der Waals surface area contributed by atoms with Gasteiger partial charge in [0.05, 0.1) is 26.9 Å². The Labute approximate surface area is 242 Å². The molecular weight excluding hydrogens is 557 g/mol. The summed E-state index contributed by atoms with van der Waals surface area (Å²) in [6.45, 7) is 4.35. The molecule has 0 amide bonds. The third kappa shape index (κ3) is 15.2. The van der Waals surface area contributed by atoms with Gasteiger partial charge in [0.25, 0.3) is 0 Å². The number of benzene rings is 1. The van der Waals surface area contributed by atoms with Gasteiger partial charge < -0.3 is 0 Å². The molecule has 0 aliphatic rings. The molecule has 0 heterocycles. The van der Waals surface area contributed by atoms with Crippen LogP contribution in [0.4, 0.5) is 13.2 Å². The maximum Gasteiger partial charge on any atom is 0.416 e. The summed E-state index contributed by atoms with van der Waals surface area (Å²) < 4.78 is 92.6. The molecule has 0 atom stereocenters. The second-order valence-corrected chi connectivity index (χ2v) is 15.3. The Kier molecular flexibility index (Phi) is 18.4. The molecule has 0 fully saturated rings. The van der Waals surface area contributed by atoms with Crippen molar-refractivity contribution < 1.29 is 30.0 Å². The van der Waals surface area contributed by atoms with Gasteiger partial charge >= 0.3 is 6.18 Å². The molecule has 40 heavy (non-hydrogen) atoms. The molecule has 0 spiro atoms. The molecule has 0 aromatic heterocycles. The van der Waals surface area contributed by atoms with E-state index in [4.69, 9.17) is 0 Å². The number of halogens is 3. The van der Waals surface area contributed by atoms with E-state index in [1.807, 2.05) is 0 Å². The first-order chi connectivity index (χ1) is 19.0. The van der Waals surface area contributed by atoms with E-state index >= 15 is 0 Å². The Hall–Kier alpha value is -1.09. The SMILES string of the molecule is CCCCCCCCCCCCS(=O)(=O)c1ccc(C(F)(F)F)cc1S(=O)(=O)CCCCCCCCCCCC. The minimum absolute atomic E-state index is 0.268. The predicted octanol–water partition coefficient (Wildman–Crippen LogP) is 10.1. The van der Waals surface area contributed by atoms with E-state index < -0.39 is 41.2 Å². The highest BCUT2D eigenvalue weighted by Crippen LogP contribution is 2.34. The van der Waals surface area contributed by atoms with E-state index in [2.05, 4.69) is 13.8 Å². The van der Waals surface area contributed by atoms with E-state index in [0.717, 1.165) is 51.0 Å². The molecule has 1 aromatic rings. The highest BCUT2D eigenvalue weighted by atomic mass is 32.2. The van der Waals surface area contributed by atoms with E-state index in [9.17, 15) is 30.0 Å². The fourth-order valence-corrected chi connectivity index (χ4v) is 8.66. The van der Waals surface area contributed by atoms with Crippen LogP contribution in [0.25, 0.3) is 0 Å². The molecule has 1 rings (SSSR count). The molecule has 0 unspecified atom stereocenters. The maximum atomic E-state index is 13.4. The molecule has 0 aliphatic heterocycles. The fraction of sp³-hybridized carbons (Fsp3) is 0.806. The van der Waals surface area contributed by atoms with Gasteiger partial charge in [0, 0.05) is 0 Å². The Morgan fingerprint density at radius 2 is 0.825 bits per heavy atom. The van der Waals surface area contributed by atoms with Crippen molar-refractivity contribution in [3.8, 4) is 0 Å². The number of unbranched alkanes of at least 4 members (excludes halogenated alkanes) is 18. The number of hydrogen-bond donors (Lipinski definition) is 0. The van der Waals surface area contributed by atoms with Crippen molar-refractivity contribution in [2.75, 3.05) is 11.5 Å². The second kappa shape index (κ2) is 19.9. The number of hydrogen-bond acceptors (Lipinski definition) is 4. The van der Waals surface area contributed by atoms with Crippen LogP contribution in [0.3, 0.4) is 0 Å². The predicted molar refractivity (Wildman–Crippen MR) is 159 cm³/mol. The van der Waals surface area contributed by atoms with Gasteiger partial charge in [0.1, 0.15) is 0 Å². The van der Waals surface area contributed by atoms with Gasteiger partial charge in [-0.1, -0.05) is 129 Å². The topological polar surface area (TPSA) is 68.3 Å². The summed E-state index contributed by atoms with van der Waals surface area (Å²) in [4.78, 5) is -1.20. The third-order valence-electron chi connectivity index (χ3n) is 7.47. The van der Waals surface area contributed by atoms with Gasteiger partial charge in [-0.25, -0.2) is 16.8 Å². The second-order valence-electron chi connectivity index (χ2n) is 11.2. The third-order valence-corrected chi connectivity index (χ3v) is 11.3.